The van der Waals surface area contributed by atoms with Crippen molar-refractivity contribution in [1.29, 1.82) is 0 Å². The maximum Gasteiger partial charge on any atom is 0.251 e. The Balaban J connectivity index is 1.57. The second-order valence-electron chi connectivity index (χ2n) is 10.5. The molecule has 10 heteroatoms. The van der Waals surface area contributed by atoms with Gasteiger partial charge in [0.1, 0.15) is 11.9 Å². The molecule has 2 heterocycles. The van der Waals surface area contributed by atoms with E-state index in [1.54, 1.807) is 31.5 Å². The lowest BCUT2D eigenvalue weighted by molar-refractivity contribution is 0.0929. The molecule has 4 aromatic rings. The second kappa shape index (κ2) is 11.4. The third-order valence-electron chi connectivity index (χ3n) is 6.31. The zero-order valence-corrected chi connectivity index (χ0v) is 24.0. The molecule has 39 heavy (non-hydrogen) atoms. The molecule has 0 spiro atoms. The predicted octanol–water partition coefficient (Wildman–Crippen LogP) is 6.98. The Kier molecular flexibility index (Phi) is 8.39. The highest BCUT2D eigenvalue weighted by molar-refractivity contribution is 6.36. The van der Waals surface area contributed by atoms with E-state index in [9.17, 15) is 9.18 Å². The minimum Gasteiger partial charge on any atom is -0.478 e. The van der Waals surface area contributed by atoms with Crippen molar-refractivity contribution in [3.8, 4) is 16.9 Å². The summed E-state index contributed by atoms with van der Waals surface area (Å²) in [4.78, 5) is 19.1. The fraction of sp³-hybridized carbons (Fsp3) is 0.310. The molecule has 206 valence electrons. The molecule has 7 nitrogen and oxygen atoms in total. The number of nitrogen functional groups attached to an aromatic ring is 1. The molecule has 0 fully saturated rings. The van der Waals surface area contributed by atoms with Crippen molar-refractivity contribution in [1.82, 2.24) is 15.2 Å². The van der Waals surface area contributed by atoms with Gasteiger partial charge in [-0.05, 0) is 56.3 Å². The van der Waals surface area contributed by atoms with Crippen LogP contribution in [0.1, 0.15) is 42.8 Å². The van der Waals surface area contributed by atoms with Crippen molar-refractivity contribution in [2.24, 2.45) is 5.41 Å². The van der Waals surface area contributed by atoms with E-state index < -0.39 is 11.9 Å². The third kappa shape index (κ3) is 6.30. The number of rotatable bonds is 9. The number of nitrogens with zero attached hydrogens (tertiary/aromatic N) is 2. The number of ether oxygens (including phenoxy) is 1. The molecule has 0 saturated carbocycles. The lowest BCUT2D eigenvalue weighted by Gasteiger charge is -2.28. The Hall–Kier alpha value is -3.33. The standard InChI is InChI=1S/C29H31Cl2FN4O3/c1-16(23-21(30)10-11-22(32)24(23)31)39-26-25-19(12-34-27(26)33)20(13-38-25)17-6-8-18(9-7-17)28(37)35-14-29(2,3)15-36(4)5/h6-13,16H,14-15H2,1-5H3,(H2,33,34)(H,35,37)/t16-/m1/s1. The largest absolute Gasteiger partial charge is 0.478 e. The predicted molar refractivity (Wildman–Crippen MR) is 154 cm³/mol. The molecule has 0 bridgehead atoms. The monoisotopic (exact) mass is 572 g/mol. The van der Waals surface area contributed by atoms with Gasteiger partial charge in [0.2, 0.25) is 5.75 Å². The topological polar surface area (TPSA) is 93.6 Å². The van der Waals surface area contributed by atoms with E-state index in [1.807, 2.05) is 26.2 Å². The Labute approximate surface area is 237 Å². The average Bonchev–Trinajstić information content (AvgIpc) is 3.30. The summed E-state index contributed by atoms with van der Waals surface area (Å²) in [6.45, 7) is 7.31. The van der Waals surface area contributed by atoms with Crippen LogP contribution in [-0.2, 0) is 0 Å². The summed E-state index contributed by atoms with van der Waals surface area (Å²) in [6.07, 6.45) is 2.42. The van der Waals surface area contributed by atoms with Crippen molar-refractivity contribution in [3.05, 3.63) is 75.8 Å². The van der Waals surface area contributed by atoms with E-state index in [0.717, 1.165) is 17.7 Å². The summed E-state index contributed by atoms with van der Waals surface area (Å²) < 4.78 is 26.0. The number of nitrogens with one attached hydrogen (secondary N) is 1. The molecule has 4 rings (SSSR count). The van der Waals surface area contributed by atoms with Crippen molar-refractivity contribution < 1.29 is 18.3 Å². The van der Waals surface area contributed by atoms with Gasteiger partial charge in [-0.2, -0.15) is 0 Å². The van der Waals surface area contributed by atoms with E-state index >= 15 is 0 Å². The van der Waals surface area contributed by atoms with Gasteiger partial charge in [-0.3, -0.25) is 4.79 Å². The minimum atomic E-state index is -0.746. The average molecular weight is 573 g/mol. The van der Waals surface area contributed by atoms with E-state index in [1.165, 1.54) is 12.1 Å². The van der Waals surface area contributed by atoms with E-state index in [0.29, 0.717) is 28.6 Å². The summed E-state index contributed by atoms with van der Waals surface area (Å²) >= 11 is 12.4. The molecular weight excluding hydrogens is 542 g/mol. The normalized spacial score (nSPS) is 12.6. The molecule has 1 amide bonds. The molecule has 0 aliphatic rings. The number of aromatic nitrogens is 1. The van der Waals surface area contributed by atoms with Crippen LogP contribution < -0.4 is 15.8 Å². The Morgan fingerprint density at radius 3 is 2.56 bits per heavy atom. The highest BCUT2D eigenvalue weighted by Gasteiger charge is 2.24. The summed E-state index contributed by atoms with van der Waals surface area (Å²) in [7, 11) is 4.02. The lowest BCUT2D eigenvalue weighted by Crippen LogP contribution is -2.39. The number of hydrogen-bond acceptors (Lipinski definition) is 6. The number of anilines is 1. The van der Waals surface area contributed by atoms with Crippen LogP contribution in [-0.4, -0.2) is 43.0 Å². The van der Waals surface area contributed by atoms with E-state index in [-0.39, 0.29) is 32.9 Å². The number of hydrogen-bond donors (Lipinski definition) is 2. The van der Waals surface area contributed by atoms with Gasteiger partial charge in [0.15, 0.2) is 11.4 Å². The van der Waals surface area contributed by atoms with Gasteiger partial charge < -0.3 is 25.1 Å². The number of halogens is 3. The summed E-state index contributed by atoms with van der Waals surface area (Å²) in [5.74, 6) is -0.452. The summed E-state index contributed by atoms with van der Waals surface area (Å²) in [5, 5.41) is 3.81. The first-order valence-electron chi connectivity index (χ1n) is 12.4. The maximum atomic E-state index is 14.1. The second-order valence-corrected chi connectivity index (χ2v) is 11.3. The van der Waals surface area contributed by atoms with Crippen LogP contribution in [0.15, 0.2) is 53.3 Å². The first kappa shape index (κ1) is 28.7. The first-order valence-corrected chi connectivity index (χ1v) is 13.1. The number of benzene rings is 2. The molecule has 0 aliphatic heterocycles. The Bertz CT molecular complexity index is 1500. The molecule has 2 aromatic carbocycles. The van der Waals surface area contributed by atoms with Crippen LogP contribution in [0, 0.1) is 11.2 Å². The summed E-state index contributed by atoms with van der Waals surface area (Å²) in [6, 6.07) is 9.82. The van der Waals surface area contributed by atoms with Crippen LogP contribution in [0.4, 0.5) is 10.2 Å². The van der Waals surface area contributed by atoms with Crippen molar-refractivity contribution in [2.75, 3.05) is 32.9 Å². The maximum absolute atomic E-state index is 14.1. The van der Waals surface area contributed by atoms with Gasteiger partial charge in [-0.15, -0.1) is 0 Å². The number of fused-ring (bicyclic) bond motifs is 1. The fourth-order valence-electron chi connectivity index (χ4n) is 4.60. The zero-order chi connectivity index (χ0) is 28.5. The molecule has 3 N–H and O–H groups in total. The van der Waals surface area contributed by atoms with Crippen LogP contribution >= 0.6 is 23.2 Å². The SMILES string of the molecule is C[C@@H](Oc1c(N)ncc2c(-c3ccc(C(=O)NCC(C)(C)CN(C)C)cc3)coc12)c1c(Cl)ccc(F)c1Cl. The Morgan fingerprint density at radius 1 is 1.21 bits per heavy atom. The van der Waals surface area contributed by atoms with Crippen LogP contribution in [0.2, 0.25) is 10.0 Å². The van der Waals surface area contributed by atoms with Crippen LogP contribution in [0.25, 0.3) is 22.1 Å². The number of carbonyl (C=O) groups excluding carboxylic acids is 1. The van der Waals surface area contributed by atoms with Gasteiger partial charge in [0, 0.05) is 41.0 Å². The van der Waals surface area contributed by atoms with Gasteiger partial charge >= 0.3 is 0 Å². The molecule has 2 aromatic heterocycles. The van der Waals surface area contributed by atoms with Crippen molar-refractivity contribution in [2.45, 2.75) is 26.9 Å². The van der Waals surface area contributed by atoms with E-state index in [4.69, 9.17) is 38.1 Å². The quantitative estimate of drug-likeness (QED) is 0.210. The number of nitrogens with two attached hydrogens (primary N) is 1. The van der Waals surface area contributed by atoms with Gasteiger partial charge in [0.05, 0.1) is 16.7 Å². The number of furan rings is 1. The lowest BCUT2D eigenvalue weighted by atomic mass is 9.93. The summed E-state index contributed by atoms with van der Waals surface area (Å²) in [5.41, 5.74) is 8.84. The van der Waals surface area contributed by atoms with Crippen molar-refractivity contribution >= 4 is 45.9 Å². The molecular formula is C29H31Cl2FN4O3. The van der Waals surface area contributed by atoms with Gasteiger partial charge in [-0.1, -0.05) is 49.2 Å². The van der Waals surface area contributed by atoms with Crippen LogP contribution in [0.3, 0.4) is 0 Å². The van der Waals surface area contributed by atoms with Crippen molar-refractivity contribution in [3.63, 3.8) is 0 Å². The van der Waals surface area contributed by atoms with Gasteiger partial charge in [0.25, 0.3) is 5.91 Å². The molecule has 1 atom stereocenters. The number of amides is 1. The smallest absolute Gasteiger partial charge is 0.251 e. The van der Waals surface area contributed by atoms with Crippen LogP contribution in [0.5, 0.6) is 5.75 Å². The molecule has 0 radical (unpaired) electrons. The number of pyridine rings is 1. The number of carbonyl (C=O) groups is 1. The highest BCUT2D eigenvalue weighted by atomic mass is 35.5. The first-order chi connectivity index (χ1) is 18.4. The van der Waals surface area contributed by atoms with E-state index in [2.05, 4.69) is 29.0 Å². The molecule has 0 unspecified atom stereocenters. The third-order valence-corrected chi connectivity index (χ3v) is 7.03. The fourth-order valence-corrected chi connectivity index (χ4v) is 5.28. The minimum absolute atomic E-state index is 0.0632. The van der Waals surface area contributed by atoms with Gasteiger partial charge in [-0.25, -0.2) is 9.37 Å². The Morgan fingerprint density at radius 2 is 1.90 bits per heavy atom. The molecule has 0 saturated heterocycles. The zero-order valence-electron chi connectivity index (χ0n) is 22.4. The highest BCUT2D eigenvalue weighted by Crippen LogP contribution is 2.41. The molecule has 0 aliphatic carbocycles.